The molecule has 0 aromatic rings. The van der Waals surface area contributed by atoms with Crippen molar-refractivity contribution < 1.29 is 4.74 Å². The molecule has 0 spiro atoms. The first-order chi connectivity index (χ1) is 9.29. The molecule has 3 nitrogen and oxygen atoms in total. The minimum Gasteiger partial charge on any atom is -0.379 e. The van der Waals surface area contributed by atoms with Gasteiger partial charge in [-0.3, -0.25) is 4.90 Å². The molecule has 2 N–H and O–H groups in total. The Kier molecular flexibility index (Phi) is 6.11. The predicted octanol–water partition coefficient (Wildman–Crippen LogP) is 2.93. The van der Waals surface area contributed by atoms with Crippen molar-refractivity contribution in [2.75, 3.05) is 26.3 Å². The van der Waals surface area contributed by atoms with E-state index in [9.17, 15) is 0 Å². The zero-order valence-corrected chi connectivity index (χ0v) is 12.7. The third-order valence-corrected chi connectivity index (χ3v) is 5.17. The zero-order chi connectivity index (χ0) is 13.6. The number of hydrogen-bond donors (Lipinski definition) is 1. The van der Waals surface area contributed by atoms with Crippen molar-refractivity contribution in [3.63, 3.8) is 0 Å². The summed E-state index contributed by atoms with van der Waals surface area (Å²) in [5, 5.41) is 0. The predicted molar refractivity (Wildman–Crippen MR) is 80.3 cm³/mol. The number of hydrogen-bond acceptors (Lipinski definition) is 3. The van der Waals surface area contributed by atoms with Gasteiger partial charge in [0.1, 0.15) is 0 Å². The lowest BCUT2D eigenvalue weighted by atomic mass is 9.83. The first kappa shape index (κ1) is 15.3. The maximum absolute atomic E-state index is 6.64. The van der Waals surface area contributed by atoms with E-state index in [0.717, 1.165) is 26.3 Å². The van der Waals surface area contributed by atoms with Crippen molar-refractivity contribution in [1.29, 1.82) is 0 Å². The quantitative estimate of drug-likeness (QED) is 0.722. The molecule has 1 atom stereocenters. The second-order valence-electron chi connectivity index (χ2n) is 6.37. The lowest BCUT2D eigenvalue weighted by molar-refractivity contribution is -0.0318. The van der Waals surface area contributed by atoms with Crippen LogP contribution in [-0.2, 0) is 4.74 Å². The Morgan fingerprint density at radius 1 is 1.11 bits per heavy atom. The van der Waals surface area contributed by atoms with Gasteiger partial charge >= 0.3 is 0 Å². The standard InChI is InChI=1S/C16H32N2O/c1-2-3-4-5-8-15(17)16(9-6-7-10-16)18-11-13-19-14-12-18/h15H,2-14,17H2,1H3. The van der Waals surface area contributed by atoms with E-state index in [-0.39, 0.29) is 0 Å². The zero-order valence-electron chi connectivity index (χ0n) is 12.7. The van der Waals surface area contributed by atoms with Crippen LogP contribution in [0.5, 0.6) is 0 Å². The topological polar surface area (TPSA) is 38.5 Å². The summed E-state index contributed by atoms with van der Waals surface area (Å²) in [5.41, 5.74) is 6.95. The van der Waals surface area contributed by atoms with Crippen LogP contribution >= 0.6 is 0 Å². The molecule has 1 saturated heterocycles. The average molecular weight is 268 g/mol. The molecular weight excluding hydrogens is 236 g/mol. The van der Waals surface area contributed by atoms with Gasteiger partial charge in [-0.1, -0.05) is 45.4 Å². The number of unbranched alkanes of at least 4 members (excludes halogenated alkanes) is 3. The van der Waals surface area contributed by atoms with Crippen molar-refractivity contribution in [1.82, 2.24) is 4.90 Å². The average Bonchev–Trinajstić information content (AvgIpc) is 2.95. The minimum absolute atomic E-state index is 0.302. The van der Waals surface area contributed by atoms with Crippen molar-refractivity contribution in [2.24, 2.45) is 5.73 Å². The molecule has 1 aliphatic heterocycles. The van der Waals surface area contributed by atoms with Crippen molar-refractivity contribution in [3.05, 3.63) is 0 Å². The van der Waals surface area contributed by atoms with Gasteiger partial charge in [0, 0.05) is 24.7 Å². The molecule has 0 radical (unpaired) electrons. The number of morpholine rings is 1. The highest BCUT2D eigenvalue weighted by atomic mass is 16.5. The van der Waals surface area contributed by atoms with Crippen LogP contribution in [0.2, 0.25) is 0 Å². The summed E-state index contributed by atoms with van der Waals surface area (Å²) in [4.78, 5) is 2.66. The fraction of sp³-hybridized carbons (Fsp3) is 1.00. The van der Waals surface area contributed by atoms with Crippen molar-refractivity contribution >= 4 is 0 Å². The summed E-state index contributed by atoms with van der Waals surface area (Å²) in [6.45, 7) is 6.23. The van der Waals surface area contributed by atoms with Crippen LogP contribution in [0.25, 0.3) is 0 Å². The highest BCUT2D eigenvalue weighted by molar-refractivity contribution is 5.02. The van der Waals surface area contributed by atoms with E-state index in [1.54, 1.807) is 0 Å². The summed E-state index contributed by atoms with van der Waals surface area (Å²) < 4.78 is 5.51. The molecule has 1 unspecified atom stereocenters. The Labute approximate surface area is 118 Å². The summed E-state index contributed by atoms with van der Waals surface area (Å²) in [7, 11) is 0. The molecule has 3 heteroatoms. The third kappa shape index (κ3) is 3.71. The molecule has 2 rings (SSSR count). The first-order valence-electron chi connectivity index (χ1n) is 8.38. The van der Waals surface area contributed by atoms with E-state index in [0.29, 0.717) is 11.6 Å². The smallest absolute Gasteiger partial charge is 0.0594 e. The number of nitrogens with zero attached hydrogens (tertiary/aromatic N) is 1. The Balaban J connectivity index is 1.89. The monoisotopic (exact) mass is 268 g/mol. The first-order valence-corrected chi connectivity index (χ1v) is 8.38. The number of rotatable bonds is 7. The van der Waals surface area contributed by atoms with Gasteiger partial charge in [0.15, 0.2) is 0 Å². The highest BCUT2D eigenvalue weighted by Crippen LogP contribution is 2.39. The molecule has 1 heterocycles. The Morgan fingerprint density at radius 2 is 1.79 bits per heavy atom. The van der Waals surface area contributed by atoms with Gasteiger partial charge in [0.05, 0.1) is 13.2 Å². The van der Waals surface area contributed by atoms with Gasteiger partial charge < -0.3 is 10.5 Å². The molecule has 0 aromatic carbocycles. The van der Waals surface area contributed by atoms with Gasteiger partial charge in [-0.15, -0.1) is 0 Å². The second kappa shape index (κ2) is 7.61. The van der Waals surface area contributed by atoms with Crippen LogP contribution in [0.15, 0.2) is 0 Å². The third-order valence-electron chi connectivity index (χ3n) is 5.17. The lowest BCUT2D eigenvalue weighted by Gasteiger charge is -2.47. The van der Waals surface area contributed by atoms with Crippen LogP contribution in [-0.4, -0.2) is 42.8 Å². The molecule has 2 fully saturated rings. The van der Waals surface area contributed by atoms with Crippen LogP contribution in [0, 0.1) is 0 Å². The molecular formula is C16H32N2O. The van der Waals surface area contributed by atoms with Crippen molar-refractivity contribution in [3.8, 4) is 0 Å². The molecule has 0 bridgehead atoms. The SMILES string of the molecule is CCCCCCC(N)C1(N2CCOCC2)CCCC1. The van der Waals surface area contributed by atoms with Gasteiger partial charge in [-0.05, 0) is 19.3 Å². The summed E-state index contributed by atoms with van der Waals surface area (Å²) >= 11 is 0. The molecule has 0 amide bonds. The summed E-state index contributed by atoms with van der Waals surface area (Å²) in [6.07, 6.45) is 11.9. The number of ether oxygens (including phenoxy) is 1. The molecule has 19 heavy (non-hydrogen) atoms. The van der Waals surface area contributed by atoms with Gasteiger partial charge in [-0.2, -0.15) is 0 Å². The van der Waals surface area contributed by atoms with Gasteiger partial charge in [0.2, 0.25) is 0 Å². The Morgan fingerprint density at radius 3 is 2.42 bits per heavy atom. The fourth-order valence-corrected chi connectivity index (χ4v) is 3.98. The maximum atomic E-state index is 6.64. The molecule has 112 valence electrons. The lowest BCUT2D eigenvalue weighted by Crippen LogP contribution is -2.61. The Hall–Kier alpha value is -0.120. The molecule has 1 saturated carbocycles. The summed E-state index contributed by atoms with van der Waals surface area (Å²) in [6, 6.07) is 0.366. The summed E-state index contributed by atoms with van der Waals surface area (Å²) in [5.74, 6) is 0. The highest BCUT2D eigenvalue weighted by Gasteiger charge is 2.44. The van der Waals surface area contributed by atoms with E-state index >= 15 is 0 Å². The Bertz CT molecular complexity index is 245. The van der Waals surface area contributed by atoms with Gasteiger partial charge in [-0.25, -0.2) is 0 Å². The van der Waals surface area contributed by atoms with Crippen LogP contribution < -0.4 is 5.73 Å². The maximum Gasteiger partial charge on any atom is 0.0594 e. The fourth-order valence-electron chi connectivity index (χ4n) is 3.98. The van der Waals surface area contributed by atoms with E-state index in [1.807, 2.05) is 0 Å². The number of nitrogens with two attached hydrogens (primary N) is 1. The molecule has 2 aliphatic rings. The van der Waals surface area contributed by atoms with E-state index in [2.05, 4.69) is 11.8 Å². The second-order valence-corrected chi connectivity index (χ2v) is 6.37. The normalized spacial score (nSPS) is 25.6. The minimum atomic E-state index is 0.302. The largest absolute Gasteiger partial charge is 0.379 e. The molecule has 1 aliphatic carbocycles. The van der Waals surface area contributed by atoms with Crippen LogP contribution in [0.3, 0.4) is 0 Å². The molecule has 0 aromatic heterocycles. The van der Waals surface area contributed by atoms with E-state index in [1.165, 1.54) is 57.8 Å². The van der Waals surface area contributed by atoms with E-state index in [4.69, 9.17) is 10.5 Å². The van der Waals surface area contributed by atoms with Crippen molar-refractivity contribution in [2.45, 2.75) is 76.3 Å². The van der Waals surface area contributed by atoms with Crippen LogP contribution in [0.1, 0.15) is 64.7 Å². The van der Waals surface area contributed by atoms with E-state index < -0.39 is 0 Å². The van der Waals surface area contributed by atoms with Gasteiger partial charge in [0.25, 0.3) is 0 Å². The van der Waals surface area contributed by atoms with Crippen LogP contribution in [0.4, 0.5) is 0 Å².